The third-order valence-electron chi connectivity index (χ3n) is 0.827. The summed E-state index contributed by atoms with van der Waals surface area (Å²) in [6.45, 7) is 2.00. The highest BCUT2D eigenvalue weighted by Gasteiger charge is 1.94. The zero-order valence-corrected chi connectivity index (χ0v) is 3.68. The first-order valence-corrected chi connectivity index (χ1v) is 2.08. The first-order valence-electron chi connectivity index (χ1n) is 2.08. The molecule has 41 valence electrons. The maximum Gasteiger partial charge on any atom is 0.0814 e. The highest BCUT2D eigenvalue weighted by molar-refractivity contribution is 5.75. The van der Waals surface area contributed by atoms with Gasteiger partial charge in [0.2, 0.25) is 0 Å². The second-order valence-electron chi connectivity index (χ2n) is 1.32. The van der Waals surface area contributed by atoms with Crippen molar-refractivity contribution in [3.8, 4) is 0 Å². The lowest BCUT2D eigenvalue weighted by atomic mass is 10.4. The van der Waals surface area contributed by atoms with Crippen molar-refractivity contribution in [2.45, 2.75) is 12.8 Å². The van der Waals surface area contributed by atoms with E-state index in [9.17, 15) is 0 Å². The molecule has 1 aliphatic rings. The Morgan fingerprint density at radius 2 is 1.43 bits per heavy atom. The first kappa shape index (κ1) is 10.1. The Hall–Kier alpha value is -0.0151. The normalized spacial score (nSPS) is 17.1. The standard InChI is InChI=1S/C4H8O.BH3.N/c1-2-4-5-3-1;;/h1-4H2;1H3;. The molecule has 2 nitrogen and oxygen atoms in total. The second-order valence-corrected chi connectivity index (χ2v) is 1.32. The minimum atomic E-state index is 0. The van der Waals surface area contributed by atoms with Gasteiger partial charge in [0, 0.05) is 19.4 Å². The number of nitrogens with zero attached hydrogens (tertiary/aromatic N) is 1. The van der Waals surface area contributed by atoms with Crippen molar-refractivity contribution >= 4 is 8.41 Å². The van der Waals surface area contributed by atoms with E-state index in [-0.39, 0.29) is 14.6 Å². The molecule has 0 spiro atoms. The zero-order chi connectivity index (χ0) is 3.54. The largest absolute Gasteiger partial charge is 0.381 e. The third-order valence-corrected chi connectivity index (χ3v) is 0.827. The summed E-state index contributed by atoms with van der Waals surface area (Å²) in [6, 6.07) is 0. The van der Waals surface area contributed by atoms with Crippen LogP contribution in [0.2, 0.25) is 0 Å². The van der Waals surface area contributed by atoms with Crippen LogP contribution in [-0.2, 0) is 4.74 Å². The van der Waals surface area contributed by atoms with Crippen LogP contribution in [0.3, 0.4) is 0 Å². The minimum absolute atomic E-state index is 0. The molecular weight excluding hydrogens is 88.9 g/mol. The van der Waals surface area contributed by atoms with Crippen molar-refractivity contribution in [1.29, 1.82) is 0 Å². The first-order chi connectivity index (χ1) is 2.50. The molecule has 3 heteroatoms. The van der Waals surface area contributed by atoms with E-state index in [1.807, 2.05) is 0 Å². The van der Waals surface area contributed by atoms with Gasteiger partial charge >= 0.3 is 0 Å². The van der Waals surface area contributed by atoms with Crippen LogP contribution in [0.25, 0.3) is 0 Å². The Kier molecular flexibility index (Phi) is 8.61. The summed E-state index contributed by atoms with van der Waals surface area (Å²) in [5.74, 6) is 0. The van der Waals surface area contributed by atoms with Crippen LogP contribution in [0.4, 0.5) is 0 Å². The van der Waals surface area contributed by atoms with Gasteiger partial charge in [-0.2, -0.15) is 0 Å². The fraction of sp³-hybridized carbons (Fsp3) is 1.00. The number of ether oxygens (including phenoxy) is 1. The molecule has 0 aromatic carbocycles. The highest BCUT2D eigenvalue weighted by atomic mass is 16.5. The molecule has 0 N–H and O–H groups in total. The quantitative estimate of drug-likeness (QED) is 0.365. The van der Waals surface area contributed by atoms with Crippen LogP contribution >= 0.6 is 0 Å². The van der Waals surface area contributed by atoms with Crippen molar-refractivity contribution in [1.82, 2.24) is 6.15 Å². The van der Waals surface area contributed by atoms with Crippen LogP contribution in [0.1, 0.15) is 12.8 Å². The summed E-state index contributed by atoms with van der Waals surface area (Å²) < 4.78 is 4.94. The van der Waals surface area contributed by atoms with Crippen LogP contribution < -0.4 is 6.15 Å². The van der Waals surface area contributed by atoms with E-state index in [1.54, 1.807) is 0 Å². The molecule has 0 aromatic rings. The van der Waals surface area contributed by atoms with Crippen molar-refractivity contribution in [2.24, 2.45) is 0 Å². The fourth-order valence-corrected chi connectivity index (χ4v) is 0.510. The Bertz CT molecular complexity index is 23.3. The molecule has 1 heterocycles. The van der Waals surface area contributed by atoms with Gasteiger partial charge in [-0.05, 0) is 12.8 Å². The molecule has 0 aromatic heterocycles. The Balaban J connectivity index is 0. The molecular formula is C4H11BNO. The number of hydrogen-bond donors (Lipinski definition) is 0. The molecule has 1 aliphatic heterocycles. The Morgan fingerprint density at radius 1 is 1.00 bits per heavy atom. The lowest BCUT2D eigenvalue weighted by Crippen LogP contribution is -1.74. The summed E-state index contributed by atoms with van der Waals surface area (Å²) >= 11 is 0. The van der Waals surface area contributed by atoms with Crippen molar-refractivity contribution in [3.05, 3.63) is 0 Å². The SMILES string of the molecule is B.C1CCOC1.[N]. The van der Waals surface area contributed by atoms with E-state index in [0.29, 0.717) is 0 Å². The molecule has 0 aliphatic carbocycles. The molecule has 3 radical (unpaired) electrons. The van der Waals surface area contributed by atoms with Crippen LogP contribution in [-0.4, -0.2) is 21.6 Å². The Morgan fingerprint density at radius 3 is 1.57 bits per heavy atom. The molecule has 0 saturated carbocycles. The lowest BCUT2D eigenvalue weighted by molar-refractivity contribution is 0.198. The van der Waals surface area contributed by atoms with Gasteiger partial charge in [-0.25, -0.2) is 0 Å². The van der Waals surface area contributed by atoms with Gasteiger partial charge in [-0.15, -0.1) is 0 Å². The van der Waals surface area contributed by atoms with Gasteiger partial charge in [0.1, 0.15) is 0 Å². The third kappa shape index (κ3) is 3.82. The molecule has 0 unspecified atom stereocenters. The second kappa shape index (κ2) is 5.98. The van der Waals surface area contributed by atoms with E-state index in [0.717, 1.165) is 13.2 Å². The van der Waals surface area contributed by atoms with Gasteiger partial charge in [0.05, 0.1) is 8.41 Å². The lowest BCUT2D eigenvalue weighted by Gasteiger charge is -1.76. The number of hydrogen-bond acceptors (Lipinski definition) is 1. The maximum absolute atomic E-state index is 4.94. The van der Waals surface area contributed by atoms with Gasteiger partial charge in [-0.1, -0.05) is 0 Å². The van der Waals surface area contributed by atoms with E-state index in [1.165, 1.54) is 12.8 Å². The Labute approximate surface area is 46.4 Å². The van der Waals surface area contributed by atoms with E-state index in [4.69, 9.17) is 4.74 Å². The van der Waals surface area contributed by atoms with E-state index >= 15 is 0 Å². The molecule has 1 rings (SSSR count). The zero-order valence-electron chi connectivity index (χ0n) is 3.68. The van der Waals surface area contributed by atoms with Crippen LogP contribution in [0.15, 0.2) is 0 Å². The van der Waals surface area contributed by atoms with Crippen LogP contribution in [0, 0.1) is 0 Å². The van der Waals surface area contributed by atoms with Gasteiger partial charge in [-0.3, -0.25) is 0 Å². The average molecular weight is 100.0 g/mol. The molecule has 0 atom stereocenters. The summed E-state index contributed by atoms with van der Waals surface area (Å²) in [5.41, 5.74) is 0. The summed E-state index contributed by atoms with van der Waals surface area (Å²) in [7, 11) is 0. The summed E-state index contributed by atoms with van der Waals surface area (Å²) in [6.07, 6.45) is 2.56. The van der Waals surface area contributed by atoms with E-state index in [2.05, 4.69) is 0 Å². The average Bonchev–Trinajstić information content (AvgIpc) is 1.76. The van der Waals surface area contributed by atoms with E-state index < -0.39 is 0 Å². The van der Waals surface area contributed by atoms with Crippen molar-refractivity contribution in [2.75, 3.05) is 13.2 Å². The summed E-state index contributed by atoms with van der Waals surface area (Å²) in [5, 5.41) is 0. The van der Waals surface area contributed by atoms with Gasteiger partial charge in [0.15, 0.2) is 0 Å². The van der Waals surface area contributed by atoms with Gasteiger partial charge < -0.3 is 4.74 Å². The molecule has 7 heavy (non-hydrogen) atoms. The summed E-state index contributed by atoms with van der Waals surface area (Å²) in [4.78, 5) is 0. The molecule has 1 fully saturated rings. The minimum Gasteiger partial charge on any atom is -0.381 e. The predicted molar refractivity (Wildman–Crippen MR) is 32.1 cm³/mol. The molecule has 1 saturated heterocycles. The van der Waals surface area contributed by atoms with Crippen molar-refractivity contribution in [3.63, 3.8) is 0 Å². The molecule has 0 amide bonds. The van der Waals surface area contributed by atoms with Gasteiger partial charge in [0.25, 0.3) is 0 Å². The van der Waals surface area contributed by atoms with Crippen molar-refractivity contribution < 1.29 is 4.74 Å². The smallest absolute Gasteiger partial charge is 0.0814 e. The predicted octanol–water partition coefficient (Wildman–Crippen LogP) is -0.868. The maximum atomic E-state index is 4.94. The highest BCUT2D eigenvalue weighted by Crippen LogP contribution is 1.98. The fourth-order valence-electron chi connectivity index (χ4n) is 0.510. The van der Waals surface area contributed by atoms with Crippen LogP contribution in [0.5, 0.6) is 0 Å². The molecule has 0 bridgehead atoms. The number of rotatable bonds is 0. The topological polar surface area (TPSA) is 39.7 Å². The monoisotopic (exact) mass is 100 g/mol.